The van der Waals surface area contributed by atoms with Gasteiger partial charge in [-0.25, -0.2) is 0 Å². The van der Waals surface area contributed by atoms with Crippen LogP contribution in [0, 0.1) is 0 Å². The van der Waals surface area contributed by atoms with Gasteiger partial charge in [0.2, 0.25) is 5.76 Å². The van der Waals surface area contributed by atoms with E-state index in [0.29, 0.717) is 13.2 Å². The zero-order valence-corrected chi connectivity index (χ0v) is 6.66. The minimum atomic E-state index is -0.162. The summed E-state index contributed by atoms with van der Waals surface area (Å²) >= 11 is 0. The van der Waals surface area contributed by atoms with Crippen LogP contribution in [0.1, 0.15) is 0 Å². The summed E-state index contributed by atoms with van der Waals surface area (Å²) in [4.78, 5) is 12.6. The van der Waals surface area contributed by atoms with E-state index in [9.17, 15) is 4.79 Å². The van der Waals surface area contributed by atoms with E-state index in [-0.39, 0.29) is 11.7 Å². The molecule has 0 aromatic heterocycles. The summed E-state index contributed by atoms with van der Waals surface area (Å²) in [5.74, 6) is 0.117. The Morgan fingerprint density at radius 2 is 2.27 bits per heavy atom. The third-order valence-electron chi connectivity index (χ3n) is 1.27. The summed E-state index contributed by atoms with van der Waals surface area (Å²) in [5.41, 5.74) is 0. The van der Waals surface area contributed by atoms with E-state index < -0.39 is 0 Å². The lowest BCUT2D eigenvalue weighted by Crippen LogP contribution is -2.27. The van der Waals surface area contributed by atoms with Gasteiger partial charge in [0, 0.05) is 14.1 Å². The van der Waals surface area contributed by atoms with Gasteiger partial charge >= 0.3 is 0 Å². The Balaban J connectivity index is 2.58. The molecule has 1 heterocycles. The first-order chi connectivity index (χ1) is 5.22. The van der Waals surface area contributed by atoms with Crippen LogP contribution in [0.2, 0.25) is 0 Å². The van der Waals surface area contributed by atoms with Crippen LogP contribution in [0.3, 0.4) is 0 Å². The summed E-state index contributed by atoms with van der Waals surface area (Å²) in [6, 6.07) is 0. The number of ether oxygens (including phenoxy) is 2. The highest BCUT2D eigenvalue weighted by atomic mass is 16.6. The molecular formula is C7H11NO3. The number of amides is 1. The van der Waals surface area contributed by atoms with Gasteiger partial charge in [-0.05, 0) is 0 Å². The molecule has 4 nitrogen and oxygen atoms in total. The molecule has 0 fully saturated rings. The fourth-order valence-corrected chi connectivity index (χ4v) is 0.701. The second-order valence-electron chi connectivity index (χ2n) is 2.40. The molecular weight excluding hydrogens is 146 g/mol. The molecule has 1 aliphatic heterocycles. The number of rotatable bonds is 1. The second kappa shape index (κ2) is 3.27. The Kier molecular flexibility index (Phi) is 2.36. The average Bonchev–Trinajstić information content (AvgIpc) is 2.05. The molecule has 0 N–H and O–H groups in total. The molecule has 0 saturated carbocycles. The maximum Gasteiger partial charge on any atom is 0.291 e. The number of nitrogens with zero attached hydrogens (tertiary/aromatic N) is 1. The first-order valence-electron chi connectivity index (χ1n) is 3.38. The van der Waals surface area contributed by atoms with Crippen molar-refractivity contribution < 1.29 is 14.3 Å². The van der Waals surface area contributed by atoms with E-state index in [1.54, 1.807) is 14.1 Å². The number of carbonyl (C=O) groups is 1. The minimum Gasteiger partial charge on any atom is -0.494 e. The fourth-order valence-electron chi connectivity index (χ4n) is 0.701. The van der Waals surface area contributed by atoms with Crippen LogP contribution >= 0.6 is 0 Å². The Morgan fingerprint density at radius 1 is 1.55 bits per heavy atom. The molecule has 0 aromatic carbocycles. The Bertz CT molecular complexity index is 186. The van der Waals surface area contributed by atoms with Crippen molar-refractivity contribution in [3.05, 3.63) is 12.0 Å². The van der Waals surface area contributed by atoms with Crippen LogP contribution in [-0.2, 0) is 14.3 Å². The predicted octanol–water partition coefficient (Wildman–Crippen LogP) is -0.0372. The van der Waals surface area contributed by atoms with Crippen molar-refractivity contribution in [2.75, 3.05) is 27.3 Å². The van der Waals surface area contributed by atoms with Crippen molar-refractivity contribution in [3.8, 4) is 0 Å². The molecule has 0 radical (unpaired) electrons. The molecule has 0 unspecified atom stereocenters. The lowest BCUT2D eigenvalue weighted by Gasteiger charge is -2.17. The van der Waals surface area contributed by atoms with E-state index >= 15 is 0 Å². The quantitative estimate of drug-likeness (QED) is 0.536. The standard InChI is InChI=1S/C7H11NO3/c1-8(2)7(9)6-5-10-3-4-11-6/h5H,3-4H2,1-2H3. The van der Waals surface area contributed by atoms with Crippen LogP contribution in [0.15, 0.2) is 12.0 Å². The van der Waals surface area contributed by atoms with Gasteiger partial charge in [-0.2, -0.15) is 0 Å². The lowest BCUT2D eigenvalue weighted by atomic mass is 10.4. The number of carbonyl (C=O) groups excluding carboxylic acids is 1. The first kappa shape index (κ1) is 7.91. The van der Waals surface area contributed by atoms with Crippen molar-refractivity contribution in [1.82, 2.24) is 4.90 Å². The maximum absolute atomic E-state index is 11.2. The topological polar surface area (TPSA) is 38.8 Å². The minimum absolute atomic E-state index is 0.162. The normalized spacial score (nSPS) is 16.0. The highest BCUT2D eigenvalue weighted by Crippen LogP contribution is 2.05. The molecule has 11 heavy (non-hydrogen) atoms. The molecule has 1 aliphatic rings. The number of hydrogen-bond acceptors (Lipinski definition) is 3. The summed E-state index contributed by atoms with van der Waals surface area (Å²) < 4.78 is 9.96. The number of likely N-dealkylation sites (N-methyl/N-ethyl adjacent to an activating group) is 1. The van der Waals surface area contributed by atoms with Gasteiger partial charge in [0.05, 0.1) is 0 Å². The summed E-state index contributed by atoms with van der Waals surface area (Å²) in [7, 11) is 3.34. The van der Waals surface area contributed by atoms with Crippen molar-refractivity contribution in [3.63, 3.8) is 0 Å². The summed E-state index contributed by atoms with van der Waals surface area (Å²) in [5, 5.41) is 0. The lowest BCUT2D eigenvalue weighted by molar-refractivity contribution is -0.129. The van der Waals surface area contributed by atoms with Gasteiger partial charge in [-0.15, -0.1) is 0 Å². The van der Waals surface area contributed by atoms with Gasteiger partial charge in [0.1, 0.15) is 19.5 Å². The molecule has 0 aromatic rings. The Labute approximate surface area is 65.4 Å². The smallest absolute Gasteiger partial charge is 0.291 e. The van der Waals surface area contributed by atoms with Crippen molar-refractivity contribution in [2.24, 2.45) is 0 Å². The summed E-state index contributed by atoms with van der Waals surface area (Å²) in [6.07, 6.45) is 1.35. The monoisotopic (exact) mass is 157 g/mol. The first-order valence-corrected chi connectivity index (χ1v) is 3.38. The Hall–Kier alpha value is -1.19. The SMILES string of the molecule is CN(C)C(=O)C1=COCCO1. The fraction of sp³-hybridized carbons (Fsp3) is 0.571. The van der Waals surface area contributed by atoms with Crippen LogP contribution in [-0.4, -0.2) is 38.1 Å². The third-order valence-corrected chi connectivity index (χ3v) is 1.27. The van der Waals surface area contributed by atoms with E-state index in [4.69, 9.17) is 9.47 Å². The molecule has 0 spiro atoms. The van der Waals surface area contributed by atoms with E-state index in [1.807, 2.05) is 0 Å². The Morgan fingerprint density at radius 3 is 2.73 bits per heavy atom. The maximum atomic E-state index is 11.2. The zero-order valence-electron chi connectivity index (χ0n) is 6.66. The van der Waals surface area contributed by atoms with E-state index in [2.05, 4.69) is 0 Å². The largest absolute Gasteiger partial charge is 0.494 e. The molecule has 1 amide bonds. The highest BCUT2D eigenvalue weighted by Gasteiger charge is 2.15. The summed E-state index contributed by atoms with van der Waals surface area (Å²) in [6.45, 7) is 0.968. The van der Waals surface area contributed by atoms with Crippen LogP contribution in [0.4, 0.5) is 0 Å². The van der Waals surface area contributed by atoms with Crippen LogP contribution in [0.25, 0.3) is 0 Å². The van der Waals surface area contributed by atoms with Gasteiger partial charge in [0.25, 0.3) is 5.91 Å². The highest BCUT2D eigenvalue weighted by molar-refractivity contribution is 5.90. The average molecular weight is 157 g/mol. The van der Waals surface area contributed by atoms with Crippen molar-refractivity contribution in [2.45, 2.75) is 0 Å². The van der Waals surface area contributed by atoms with Crippen LogP contribution in [0.5, 0.6) is 0 Å². The van der Waals surface area contributed by atoms with Gasteiger partial charge in [-0.3, -0.25) is 4.79 Å². The molecule has 0 saturated heterocycles. The van der Waals surface area contributed by atoms with E-state index in [0.717, 1.165) is 0 Å². The van der Waals surface area contributed by atoms with Gasteiger partial charge < -0.3 is 14.4 Å². The molecule has 4 heteroatoms. The third kappa shape index (κ3) is 1.86. The number of hydrogen-bond donors (Lipinski definition) is 0. The predicted molar refractivity (Wildman–Crippen MR) is 38.7 cm³/mol. The molecule has 0 bridgehead atoms. The zero-order chi connectivity index (χ0) is 8.27. The van der Waals surface area contributed by atoms with Gasteiger partial charge in [0.15, 0.2) is 0 Å². The van der Waals surface area contributed by atoms with Gasteiger partial charge in [-0.1, -0.05) is 0 Å². The van der Waals surface area contributed by atoms with Crippen LogP contribution < -0.4 is 0 Å². The van der Waals surface area contributed by atoms with Crippen molar-refractivity contribution in [1.29, 1.82) is 0 Å². The molecule has 0 atom stereocenters. The molecule has 0 aliphatic carbocycles. The van der Waals surface area contributed by atoms with E-state index in [1.165, 1.54) is 11.2 Å². The van der Waals surface area contributed by atoms with Crippen molar-refractivity contribution >= 4 is 5.91 Å². The molecule has 62 valence electrons. The molecule has 1 rings (SSSR count). The second-order valence-corrected chi connectivity index (χ2v) is 2.40.